The van der Waals surface area contributed by atoms with Crippen molar-refractivity contribution >= 4 is 8.32 Å². The molecule has 2 nitrogen and oxygen atoms in total. The highest BCUT2D eigenvalue weighted by Gasteiger charge is 2.37. The fourth-order valence-electron chi connectivity index (χ4n) is 2.15. The third-order valence-corrected chi connectivity index (χ3v) is 9.02. The van der Waals surface area contributed by atoms with Crippen LogP contribution in [0.25, 0.3) is 0 Å². The Bertz CT molecular complexity index is 344. The molecule has 0 spiro atoms. The zero-order chi connectivity index (χ0) is 15.3. The van der Waals surface area contributed by atoms with Gasteiger partial charge in [0, 0.05) is 0 Å². The third kappa shape index (κ3) is 5.45. The lowest BCUT2D eigenvalue weighted by Gasteiger charge is -2.34. The maximum absolute atomic E-state index is 10.3. The topological polar surface area (TPSA) is 29.5 Å². The second-order valence-corrected chi connectivity index (χ2v) is 12.3. The van der Waals surface area contributed by atoms with Gasteiger partial charge in [-0.25, -0.2) is 0 Å². The van der Waals surface area contributed by atoms with E-state index < -0.39 is 13.9 Å². The van der Waals surface area contributed by atoms with Crippen molar-refractivity contribution in [2.24, 2.45) is 0 Å². The second-order valence-electron chi connectivity index (χ2n) is 7.55. The summed E-state index contributed by atoms with van der Waals surface area (Å²) in [6.45, 7) is 11.2. The fraction of sp³-hybridized carbons (Fsp3) is 0.765. The third-order valence-electron chi connectivity index (χ3n) is 4.68. The Morgan fingerprint density at radius 3 is 2.25 bits per heavy atom. The van der Waals surface area contributed by atoms with Crippen LogP contribution in [-0.2, 0) is 4.43 Å². The molecule has 0 aromatic rings. The maximum atomic E-state index is 10.3. The minimum atomic E-state index is -1.67. The van der Waals surface area contributed by atoms with Crippen LogP contribution in [0, 0.1) is 0 Å². The van der Waals surface area contributed by atoms with Gasteiger partial charge in [0.05, 0.1) is 11.9 Å². The molecule has 1 N–H and O–H groups in total. The van der Waals surface area contributed by atoms with E-state index in [9.17, 15) is 5.11 Å². The predicted octanol–water partition coefficient (Wildman–Crippen LogP) is 5.16. The first-order valence-corrected chi connectivity index (χ1v) is 10.8. The van der Waals surface area contributed by atoms with Crippen LogP contribution in [-0.4, -0.2) is 19.0 Å². The van der Waals surface area contributed by atoms with Gasteiger partial charge in [-0.1, -0.05) is 52.2 Å². The zero-order valence-electron chi connectivity index (χ0n) is 13.9. The number of hydrogen-bond donors (Lipinski definition) is 1. The summed E-state index contributed by atoms with van der Waals surface area (Å²) in [5.74, 6) is 0. The van der Waals surface area contributed by atoms with Gasteiger partial charge in [-0.3, -0.25) is 0 Å². The van der Waals surface area contributed by atoms with Crippen molar-refractivity contribution in [2.75, 3.05) is 0 Å². The number of allylic oxidation sites excluding steroid dienone is 2. The molecule has 1 rings (SSSR count). The largest absolute Gasteiger partial charge is 0.549 e. The van der Waals surface area contributed by atoms with Crippen LogP contribution in [0.5, 0.6) is 0 Å². The van der Waals surface area contributed by atoms with E-state index in [1.807, 2.05) is 18.4 Å². The summed E-state index contributed by atoms with van der Waals surface area (Å²) >= 11 is 0. The van der Waals surface area contributed by atoms with Crippen molar-refractivity contribution in [1.29, 1.82) is 0 Å². The molecule has 1 saturated carbocycles. The fourth-order valence-corrected chi connectivity index (χ4v) is 2.94. The molecule has 0 saturated heterocycles. The Labute approximate surface area is 126 Å². The van der Waals surface area contributed by atoms with Gasteiger partial charge in [0.1, 0.15) is 0 Å². The summed E-state index contributed by atoms with van der Waals surface area (Å²) in [4.78, 5) is 0. The molecule has 0 radical (unpaired) electrons. The lowest BCUT2D eigenvalue weighted by Crippen LogP contribution is -2.39. The molecule has 0 heterocycles. The SMILES string of the molecule is CC(C)(C)[Si](C)(C)O/C=C/C/C=C/C1(O)CCCCC1. The van der Waals surface area contributed by atoms with Crippen LogP contribution in [0.2, 0.25) is 18.1 Å². The van der Waals surface area contributed by atoms with Gasteiger partial charge >= 0.3 is 0 Å². The first kappa shape index (κ1) is 17.5. The van der Waals surface area contributed by atoms with E-state index in [4.69, 9.17) is 4.43 Å². The standard InChI is InChI=1S/C17H32O2Si/c1-16(2,3)20(4,5)19-15-11-7-10-14-17(18)12-8-6-9-13-17/h10-11,14-15,18H,6-9,12-13H2,1-5H3/b14-10+,15-11+. The molecule has 0 aromatic carbocycles. The van der Waals surface area contributed by atoms with Gasteiger partial charge in [-0.05, 0) is 43.5 Å². The van der Waals surface area contributed by atoms with Gasteiger partial charge in [0.25, 0.3) is 0 Å². The molecule has 0 amide bonds. The molecule has 1 aliphatic rings. The number of aliphatic hydroxyl groups is 1. The van der Waals surface area contributed by atoms with E-state index >= 15 is 0 Å². The van der Waals surface area contributed by atoms with Crippen molar-refractivity contribution in [3.8, 4) is 0 Å². The van der Waals surface area contributed by atoms with E-state index in [1.165, 1.54) is 6.42 Å². The summed E-state index contributed by atoms with van der Waals surface area (Å²) in [5.41, 5.74) is -0.549. The lowest BCUT2D eigenvalue weighted by molar-refractivity contribution is 0.0511. The number of rotatable bonds is 5. The molecule has 0 bridgehead atoms. The summed E-state index contributed by atoms with van der Waals surface area (Å²) in [5, 5.41) is 10.6. The van der Waals surface area contributed by atoms with Gasteiger partial charge in [-0.15, -0.1) is 0 Å². The molecule has 0 aromatic heterocycles. The van der Waals surface area contributed by atoms with E-state index in [0.29, 0.717) is 0 Å². The maximum Gasteiger partial charge on any atom is 0.249 e. The van der Waals surface area contributed by atoms with Crippen molar-refractivity contribution in [3.63, 3.8) is 0 Å². The van der Waals surface area contributed by atoms with Crippen molar-refractivity contribution in [1.82, 2.24) is 0 Å². The van der Waals surface area contributed by atoms with E-state index in [0.717, 1.165) is 32.1 Å². The molecule has 20 heavy (non-hydrogen) atoms. The Hall–Kier alpha value is -0.543. The normalized spacial score (nSPS) is 20.7. The summed E-state index contributed by atoms with van der Waals surface area (Å²) in [7, 11) is -1.67. The first-order chi connectivity index (χ1) is 9.16. The van der Waals surface area contributed by atoms with Crippen LogP contribution < -0.4 is 0 Å². The van der Waals surface area contributed by atoms with Crippen LogP contribution in [0.15, 0.2) is 24.5 Å². The second kappa shape index (κ2) is 6.95. The predicted molar refractivity (Wildman–Crippen MR) is 89.2 cm³/mol. The van der Waals surface area contributed by atoms with Gasteiger partial charge in [-0.2, -0.15) is 0 Å². The number of hydrogen-bond acceptors (Lipinski definition) is 2. The monoisotopic (exact) mass is 296 g/mol. The Kier molecular flexibility index (Phi) is 6.08. The van der Waals surface area contributed by atoms with Crippen molar-refractivity contribution < 1.29 is 9.53 Å². The average molecular weight is 297 g/mol. The van der Waals surface area contributed by atoms with Crippen molar-refractivity contribution in [2.45, 2.75) is 83.0 Å². The van der Waals surface area contributed by atoms with E-state index in [2.05, 4.69) is 39.9 Å². The van der Waals surface area contributed by atoms with Gasteiger partial charge in [0.2, 0.25) is 8.32 Å². The van der Waals surface area contributed by atoms with Crippen LogP contribution in [0.1, 0.15) is 59.3 Å². The molecule has 116 valence electrons. The molecule has 1 aliphatic carbocycles. The van der Waals surface area contributed by atoms with Gasteiger partial charge in [0.15, 0.2) is 0 Å². The smallest absolute Gasteiger partial charge is 0.249 e. The molecule has 0 unspecified atom stereocenters. The molecule has 3 heteroatoms. The minimum absolute atomic E-state index is 0.241. The Balaban J connectivity index is 2.35. The van der Waals surface area contributed by atoms with Gasteiger partial charge < -0.3 is 9.53 Å². The zero-order valence-corrected chi connectivity index (χ0v) is 14.9. The summed E-state index contributed by atoms with van der Waals surface area (Å²) < 4.78 is 5.97. The molecule has 0 aliphatic heterocycles. The Morgan fingerprint density at radius 2 is 1.70 bits per heavy atom. The molecular weight excluding hydrogens is 264 g/mol. The van der Waals surface area contributed by atoms with E-state index in [1.54, 1.807) is 0 Å². The highest BCUT2D eigenvalue weighted by molar-refractivity contribution is 6.74. The van der Waals surface area contributed by atoms with Crippen LogP contribution in [0.3, 0.4) is 0 Å². The average Bonchev–Trinajstić information content (AvgIpc) is 2.33. The highest BCUT2D eigenvalue weighted by Crippen LogP contribution is 2.36. The Morgan fingerprint density at radius 1 is 1.10 bits per heavy atom. The van der Waals surface area contributed by atoms with Crippen LogP contribution in [0.4, 0.5) is 0 Å². The van der Waals surface area contributed by atoms with E-state index in [-0.39, 0.29) is 5.04 Å². The molecule has 0 atom stereocenters. The lowest BCUT2D eigenvalue weighted by atomic mass is 9.84. The van der Waals surface area contributed by atoms with Crippen LogP contribution >= 0.6 is 0 Å². The highest BCUT2D eigenvalue weighted by atomic mass is 28.4. The first-order valence-electron chi connectivity index (χ1n) is 7.89. The quantitative estimate of drug-likeness (QED) is 0.431. The molecular formula is C17H32O2Si. The minimum Gasteiger partial charge on any atom is -0.549 e. The summed E-state index contributed by atoms with van der Waals surface area (Å²) in [6, 6.07) is 0. The summed E-state index contributed by atoms with van der Waals surface area (Å²) in [6.07, 6.45) is 14.2. The van der Waals surface area contributed by atoms with Crippen molar-refractivity contribution in [3.05, 3.63) is 24.5 Å². The molecule has 1 fully saturated rings.